The summed E-state index contributed by atoms with van der Waals surface area (Å²) in [5.74, 6) is 0.543. The van der Waals surface area contributed by atoms with E-state index in [1.54, 1.807) is 60.7 Å². The summed E-state index contributed by atoms with van der Waals surface area (Å²) in [6.45, 7) is 5.59. The number of aromatic hydroxyl groups is 1. The number of carbonyl (C=O) groups is 4. The Morgan fingerprint density at radius 3 is 2.40 bits per heavy atom. The summed E-state index contributed by atoms with van der Waals surface area (Å²) in [4.78, 5) is 53.8. The summed E-state index contributed by atoms with van der Waals surface area (Å²) in [5, 5.41) is 16.8. The lowest BCUT2D eigenvalue weighted by Crippen LogP contribution is -2.52. The molecular weight excluding hydrogens is 813 g/mol. The molecule has 324 valence electrons. The van der Waals surface area contributed by atoms with Gasteiger partial charge in [-0.1, -0.05) is 31.2 Å². The number of rotatable bonds is 19. The first-order valence-corrected chi connectivity index (χ1v) is 22.6. The van der Waals surface area contributed by atoms with Crippen LogP contribution in [0.25, 0.3) is 21.9 Å². The molecule has 0 radical (unpaired) electrons. The standard InChI is InChI=1S/C47H50N4O10S/c1-3-50(24-5-4-6-26-59-30-44(54)48-41-9-7-8-39-40(41)29-51(47(39)56)42-22-23-43(53)49-46(42)55)25-27-60-34-14-16-35(17-15-34)61-45-37(20-12-32-28-33(52)13-21-38(32)45)31-10-18-36(19-11-31)62(2,57)58/h7-21,28,42,52H,3-6,22-27,29-30H2,1-2H3,(H,48,54)(H,49,53,55). The Bertz CT molecular complexity index is 2560. The van der Waals surface area contributed by atoms with Crippen LogP contribution in [0.15, 0.2) is 102 Å². The topological polar surface area (TPSA) is 181 Å². The number of fused-ring (bicyclic) bond motifs is 2. The van der Waals surface area contributed by atoms with Crippen molar-refractivity contribution in [3.8, 4) is 34.1 Å². The van der Waals surface area contributed by atoms with Crippen molar-refractivity contribution < 1.29 is 46.9 Å². The number of hydrogen-bond acceptors (Lipinski definition) is 11. The molecule has 1 saturated heterocycles. The summed E-state index contributed by atoms with van der Waals surface area (Å²) < 4.78 is 42.3. The number of phenolic OH excluding ortho intramolecular Hbond substituents is 1. The normalized spacial score (nSPS) is 15.2. The van der Waals surface area contributed by atoms with Crippen LogP contribution in [0.3, 0.4) is 0 Å². The van der Waals surface area contributed by atoms with E-state index in [0.717, 1.165) is 60.8 Å². The van der Waals surface area contributed by atoms with Gasteiger partial charge >= 0.3 is 0 Å². The molecule has 15 heteroatoms. The van der Waals surface area contributed by atoms with Gasteiger partial charge < -0.3 is 34.4 Å². The number of piperidine rings is 1. The second kappa shape index (κ2) is 19.6. The molecule has 0 aromatic heterocycles. The first kappa shape index (κ1) is 43.8. The fourth-order valence-electron chi connectivity index (χ4n) is 7.72. The number of anilines is 1. The molecule has 5 aromatic carbocycles. The van der Waals surface area contributed by atoms with E-state index in [1.165, 1.54) is 11.2 Å². The van der Waals surface area contributed by atoms with Crippen molar-refractivity contribution in [3.63, 3.8) is 0 Å². The van der Waals surface area contributed by atoms with Crippen LogP contribution >= 0.6 is 0 Å². The molecule has 2 aliphatic rings. The van der Waals surface area contributed by atoms with Crippen molar-refractivity contribution in [1.29, 1.82) is 0 Å². The van der Waals surface area contributed by atoms with E-state index in [4.69, 9.17) is 14.2 Å². The molecule has 7 rings (SSSR count). The monoisotopic (exact) mass is 862 g/mol. The van der Waals surface area contributed by atoms with Gasteiger partial charge in [0.2, 0.25) is 17.7 Å². The van der Waals surface area contributed by atoms with Gasteiger partial charge in [0.25, 0.3) is 5.91 Å². The SMILES string of the molecule is CCN(CCCCCOCC(=O)Nc1cccc2c1CN(C1CCC(=O)NC1=O)C2=O)CCOc1ccc(Oc2c(-c3ccc(S(C)(=O)=O)cc3)ccc3cc(O)ccc23)cc1. The predicted molar refractivity (Wildman–Crippen MR) is 234 cm³/mol. The smallest absolute Gasteiger partial charge is 0.255 e. The van der Waals surface area contributed by atoms with E-state index < -0.39 is 21.8 Å². The zero-order valence-corrected chi connectivity index (χ0v) is 35.5. The molecule has 14 nitrogen and oxygen atoms in total. The van der Waals surface area contributed by atoms with Crippen LogP contribution in [-0.4, -0.2) is 98.7 Å². The van der Waals surface area contributed by atoms with Gasteiger partial charge in [-0.25, -0.2) is 8.42 Å². The van der Waals surface area contributed by atoms with E-state index in [-0.39, 0.29) is 54.4 Å². The summed E-state index contributed by atoms with van der Waals surface area (Å²) in [6, 6.07) is 27.3. The molecule has 62 heavy (non-hydrogen) atoms. The van der Waals surface area contributed by atoms with Crippen LogP contribution in [0, 0.1) is 0 Å². The van der Waals surface area contributed by atoms with Gasteiger partial charge in [-0.3, -0.25) is 24.5 Å². The largest absolute Gasteiger partial charge is 0.508 e. The third-order valence-electron chi connectivity index (χ3n) is 11.1. The number of benzene rings is 5. The highest BCUT2D eigenvalue weighted by Gasteiger charge is 2.40. The molecule has 0 aliphatic carbocycles. The summed E-state index contributed by atoms with van der Waals surface area (Å²) in [7, 11) is -3.35. The number of hydrogen-bond donors (Lipinski definition) is 3. The molecule has 0 saturated carbocycles. The number of sulfone groups is 1. The Kier molecular flexibility index (Phi) is 13.9. The zero-order chi connectivity index (χ0) is 43.8. The van der Waals surface area contributed by atoms with Gasteiger partial charge in [0.05, 0.1) is 4.90 Å². The second-order valence-corrected chi connectivity index (χ2v) is 17.4. The van der Waals surface area contributed by atoms with Crippen molar-refractivity contribution in [2.24, 2.45) is 0 Å². The summed E-state index contributed by atoms with van der Waals surface area (Å²) >= 11 is 0. The maximum absolute atomic E-state index is 13.1. The van der Waals surface area contributed by atoms with E-state index in [9.17, 15) is 32.7 Å². The van der Waals surface area contributed by atoms with Crippen molar-refractivity contribution in [3.05, 3.63) is 108 Å². The summed E-state index contributed by atoms with van der Waals surface area (Å²) in [5.41, 5.74) is 3.13. The lowest BCUT2D eigenvalue weighted by atomic mass is 9.99. The molecule has 0 bridgehead atoms. The fourth-order valence-corrected chi connectivity index (χ4v) is 8.35. The van der Waals surface area contributed by atoms with Crippen LogP contribution in [0.2, 0.25) is 0 Å². The van der Waals surface area contributed by atoms with Gasteiger partial charge in [-0.2, -0.15) is 0 Å². The predicted octanol–water partition coefficient (Wildman–Crippen LogP) is 6.70. The third kappa shape index (κ3) is 10.6. The number of imide groups is 1. The van der Waals surface area contributed by atoms with E-state index in [2.05, 4.69) is 22.5 Å². The number of nitrogens with zero attached hydrogens (tertiary/aromatic N) is 2. The average Bonchev–Trinajstić information content (AvgIpc) is 3.59. The molecule has 1 unspecified atom stereocenters. The van der Waals surface area contributed by atoms with Gasteiger partial charge in [-0.05, 0) is 123 Å². The highest BCUT2D eigenvalue weighted by molar-refractivity contribution is 7.90. The number of amides is 4. The molecule has 2 heterocycles. The second-order valence-electron chi connectivity index (χ2n) is 15.4. The summed E-state index contributed by atoms with van der Waals surface area (Å²) in [6.07, 6.45) is 4.29. The fraction of sp³-hybridized carbons (Fsp3) is 0.319. The first-order valence-electron chi connectivity index (χ1n) is 20.7. The highest BCUT2D eigenvalue weighted by atomic mass is 32.2. The van der Waals surface area contributed by atoms with Crippen LogP contribution < -0.4 is 20.1 Å². The Labute approximate surface area is 360 Å². The lowest BCUT2D eigenvalue weighted by molar-refractivity contribution is -0.137. The van der Waals surface area contributed by atoms with E-state index >= 15 is 0 Å². The van der Waals surface area contributed by atoms with Gasteiger partial charge in [0, 0.05) is 60.1 Å². The van der Waals surface area contributed by atoms with Crippen LogP contribution in [-0.2, 0) is 35.5 Å². The molecule has 0 spiro atoms. The van der Waals surface area contributed by atoms with Crippen molar-refractivity contribution >= 4 is 49.9 Å². The number of nitrogens with one attached hydrogen (secondary N) is 2. The van der Waals surface area contributed by atoms with Crippen molar-refractivity contribution in [2.75, 3.05) is 51.0 Å². The number of carbonyl (C=O) groups excluding carboxylic acids is 4. The minimum atomic E-state index is -3.35. The Hall–Kier alpha value is -6.29. The van der Waals surface area contributed by atoms with Gasteiger partial charge in [0.15, 0.2) is 9.84 Å². The minimum Gasteiger partial charge on any atom is -0.508 e. The van der Waals surface area contributed by atoms with Crippen LogP contribution in [0.5, 0.6) is 23.0 Å². The molecule has 1 atom stereocenters. The lowest BCUT2D eigenvalue weighted by Gasteiger charge is -2.29. The maximum Gasteiger partial charge on any atom is 0.255 e. The number of likely N-dealkylation sites (N-methyl/N-ethyl adjacent to an activating group) is 1. The molecular formula is C47H50N4O10S. The first-order chi connectivity index (χ1) is 29.9. The van der Waals surface area contributed by atoms with E-state index in [1.807, 2.05) is 36.4 Å². The van der Waals surface area contributed by atoms with Gasteiger partial charge in [0.1, 0.15) is 42.3 Å². The highest BCUT2D eigenvalue weighted by Crippen LogP contribution is 2.41. The number of ether oxygens (including phenoxy) is 3. The Morgan fingerprint density at radius 2 is 1.66 bits per heavy atom. The molecule has 5 aromatic rings. The maximum atomic E-state index is 13.1. The Balaban J connectivity index is 0.821. The van der Waals surface area contributed by atoms with E-state index in [0.29, 0.717) is 47.3 Å². The molecule has 1 fully saturated rings. The van der Waals surface area contributed by atoms with Crippen LogP contribution in [0.1, 0.15) is 54.9 Å². The molecule has 3 N–H and O–H groups in total. The quantitative estimate of drug-likeness (QED) is 0.0594. The Morgan fingerprint density at radius 1 is 0.887 bits per heavy atom. The molecule has 2 aliphatic heterocycles. The number of phenols is 1. The average molecular weight is 863 g/mol. The minimum absolute atomic E-state index is 0.126. The molecule has 4 amide bonds. The van der Waals surface area contributed by atoms with Crippen molar-refractivity contribution in [1.82, 2.24) is 15.1 Å². The zero-order valence-electron chi connectivity index (χ0n) is 34.7. The third-order valence-corrected chi connectivity index (χ3v) is 12.2. The number of unbranched alkanes of at least 4 members (excludes halogenated alkanes) is 2. The van der Waals surface area contributed by atoms with Gasteiger partial charge in [-0.15, -0.1) is 0 Å². The van der Waals surface area contributed by atoms with Crippen LogP contribution in [0.4, 0.5) is 5.69 Å². The van der Waals surface area contributed by atoms with Crippen molar-refractivity contribution in [2.45, 2.75) is 56.5 Å².